The maximum atomic E-state index is 5.12. The molecule has 2 atom stereocenters. The van der Waals surface area contributed by atoms with E-state index in [1.807, 2.05) is 16.8 Å². The summed E-state index contributed by atoms with van der Waals surface area (Å²) in [5.41, 5.74) is 3.19. The molecule has 2 aromatic heterocycles. The molecule has 4 heterocycles. The third-order valence-electron chi connectivity index (χ3n) is 6.26. The molecule has 1 unspecified atom stereocenters. The van der Waals surface area contributed by atoms with Crippen molar-refractivity contribution in [2.45, 2.75) is 52.6 Å². The molecule has 0 spiro atoms. The Balaban J connectivity index is 1.63. The molecule has 2 aliphatic heterocycles. The van der Waals surface area contributed by atoms with Gasteiger partial charge in [0.2, 0.25) is 5.95 Å². The van der Waals surface area contributed by atoms with Gasteiger partial charge in [-0.25, -0.2) is 4.98 Å². The van der Waals surface area contributed by atoms with E-state index in [0.717, 1.165) is 41.4 Å². The third kappa shape index (κ3) is 3.28. The minimum absolute atomic E-state index is 0.123. The van der Waals surface area contributed by atoms with Gasteiger partial charge in [0.25, 0.3) is 0 Å². The summed E-state index contributed by atoms with van der Waals surface area (Å²) in [6.07, 6.45) is 12.3. The van der Waals surface area contributed by atoms with Crippen molar-refractivity contribution in [2.24, 2.45) is 5.92 Å². The average molecular weight is 428 g/mol. The average Bonchev–Trinajstić information content (AvgIpc) is 3.32. The fraction of sp³-hybridized carbons (Fsp3) is 0.360. The van der Waals surface area contributed by atoms with Crippen LogP contribution in [0.15, 0.2) is 61.2 Å². The Kier molecular flexibility index (Phi) is 5.25. The Morgan fingerprint density at radius 1 is 1.06 bits per heavy atom. The first-order chi connectivity index (χ1) is 15.6. The Morgan fingerprint density at radius 3 is 2.59 bits per heavy atom. The van der Waals surface area contributed by atoms with Gasteiger partial charge in [0, 0.05) is 12.2 Å². The van der Waals surface area contributed by atoms with Crippen molar-refractivity contribution in [3.63, 3.8) is 0 Å². The second-order valence-electron chi connectivity index (χ2n) is 8.56. The van der Waals surface area contributed by atoms with E-state index < -0.39 is 0 Å². The van der Waals surface area contributed by atoms with Gasteiger partial charge in [-0.15, -0.1) is 10.2 Å². The SMILES string of the molecule is CCC1C=CN(c2ncc3c(n2)N(C(C)C)[C@H](CC)c2nncn2-3)C(c2ccccc2)=C1. The highest BCUT2D eigenvalue weighted by atomic mass is 15.4. The molecule has 7 nitrogen and oxygen atoms in total. The van der Waals surface area contributed by atoms with Crippen molar-refractivity contribution >= 4 is 17.5 Å². The van der Waals surface area contributed by atoms with Gasteiger partial charge in [0.15, 0.2) is 11.6 Å². The topological polar surface area (TPSA) is 63.0 Å². The lowest BCUT2D eigenvalue weighted by Crippen LogP contribution is -2.40. The van der Waals surface area contributed by atoms with Gasteiger partial charge in [0.1, 0.15) is 12.0 Å². The van der Waals surface area contributed by atoms with Gasteiger partial charge < -0.3 is 4.90 Å². The standard InChI is InChI=1S/C25H29N7/c1-5-18-12-13-30(21(14-18)19-10-8-7-9-11-19)25-26-15-22-23(28-25)32(17(3)4)20(6-2)24-29-27-16-31(22)24/h7-18,20H,5-6H2,1-4H3/t18?,20-/m1/s1. The summed E-state index contributed by atoms with van der Waals surface area (Å²) >= 11 is 0. The third-order valence-corrected chi connectivity index (χ3v) is 6.26. The van der Waals surface area contributed by atoms with Gasteiger partial charge >= 0.3 is 0 Å². The Bertz CT molecular complexity index is 1160. The highest BCUT2D eigenvalue weighted by Gasteiger charge is 2.35. The molecular formula is C25H29N7. The minimum atomic E-state index is 0.123. The van der Waals surface area contributed by atoms with Crippen LogP contribution in [0.2, 0.25) is 0 Å². The molecule has 2 aliphatic rings. The number of nitrogens with zero attached hydrogens (tertiary/aromatic N) is 7. The fourth-order valence-electron chi connectivity index (χ4n) is 4.63. The van der Waals surface area contributed by atoms with E-state index in [1.165, 1.54) is 0 Å². The summed E-state index contributed by atoms with van der Waals surface area (Å²) in [5, 5.41) is 8.58. The molecule has 0 saturated carbocycles. The predicted molar refractivity (Wildman–Crippen MR) is 127 cm³/mol. The summed E-state index contributed by atoms with van der Waals surface area (Å²) in [7, 11) is 0. The quantitative estimate of drug-likeness (QED) is 0.562. The van der Waals surface area contributed by atoms with Crippen molar-refractivity contribution < 1.29 is 0 Å². The Hall–Kier alpha value is -3.48. The van der Waals surface area contributed by atoms with Crippen LogP contribution in [0.3, 0.4) is 0 Å². The van der Waals surface area contributed by atoms with Crippen molar-refractivity contribution in [3.05, 3.63) is 72.6 Å². The van der Waals surface area contributed by atoms with Crippen LogP contribution in [-0.2, 0) is 0 Å². The minimum Gasteiger partial charge on any atom is -0.342 e. The van der Waals surface area contributed by atoms with Crippen molar-refractivity contribution in [3.8, 4) is 5.69 Å². The van der Waals surface area contributed by atoms with Gasteiger partial charge in [-0.2, -0.15) is 4.98 Å². The second kappa shape index (κ2) is 8.22. The zero-order valence-corrected chi connectivity index (χ0v) is 19.1. The molecule has 0 radical (unpaired) electrons. The normalized spacial score (nSPS) is 19.7. The van der Waals surface area contributed by atoms with E-state index in [4.69, 9.17) is 9.97 Å². The molecule has 7 heteroatoms. The van der Waals surface area contributed by atoms with Gasteiger partial charge in [-0.1, -0.05) is 56.3 Å². The largest absolute Gasteiger partial charge is 0.342 e. The van der Waals surface area contributed by atoms with Crippen LogP contribution in [0.25, 0.3) is 11.4 Å². The first kappa shape index (κ1) is 20.4. The molecule has 32 heavy (non-hydrogen) atoms. The molecule has 1 aromatic carbocycles. The van der Waals surface area contributed by atoms with Crippen molar-refractivity contribution in [1.29, 1.82) is 0 Å². The summed E-state index contributed by atoms with van der Waals surface area (Å²) in [4.78, 5) is 14.3. The molecule has 0 N–H and O–H groups in total. The van der Waals surface area contributed by atoms with E-state index in [9.17, 15) is 0 Å². The molecule has 0 saturated heterocycles. The molecular weight excluding hydrogens is 398 g/mol. The van der Waals surface area contributed by atoms with Gasteiger partial charge in [-0.3, -0.25) is 9.47 Å². The van der Waals surface area contributed by atoms with E-state index in [2.05, 4.69) is 90.3 Å². The van der Waals surface area contributed by atoms with Gasteiger partial charge in [0.05, 0.1) is 17.9 Å². The number of rotatable bonds is 5. The zero-order valence-electron chi connectivity index (χ0n) is 19.1. The van der Waals surface area contributed by atoms with Crippen LogP contribution in [-0.4, -0.2) is 30.8 Å². The fourth-order valence-corrected chi connectivity index (χ4v) is 4.63. The van der Waals surface area contributed by atoms with Crippen LogP contribution < -0.4 is 9.80 Å². The molecule has 0 amide bonds. The van der Waals surface area contributed by atoms with E-state index in [-0.39, 0.29) is 12.1 Å². The number of aromatic nitrogens is 5. The maximum absolute atomic E-state index is 5.12. The smallest absolute Gasteiger partial charge is 0.236 e. The van der Waals surface area contributed by atoms with Crippen LogP contribution in [0.5, 0.6) is 0 Å². The van der Waals surface area contributed by atoms with E-state index >= 15 is 0 Å². The lowest BCUT2D eigenvalue weighted by Gasteiger charge is -2.40. The predicted octanol–water partition coefficient (Wildman–Crippen LogP) is 5.14. The van der Waals surface area contributed by atoms with Crippen molar-refractivity contribution in [2.75, 3.05) is 9.80 Å². The monoisotopic (exact) mass is 427 g/mol. The number of hydrogen-bond donors (Lipinski definition) is 0. The summed E-state index contributed by atoms with van der Waals surface area (Å²) < 4.78 is 2.03. The second-order valence-corrected chi connectivity index (χ2v) is 8.56. The Morgan fingerprint density at radius 2 is 1.88 bits per heavy atom. The number of allylic oxidation sites excluding steroid dienone is 2. The molecule has 0 bridgehead atoms. The van der Waals surface area contributed by atoms with Crippen molar-refractivity contribution in [1.82, 2.24) is 24.7 Å². The molecule has 5 rings (SSSR count). The zero-order chi connectivity index (χ0) is 22.2. The van der Waals surface area contributed by atoms with E-state index in [0.29, 0.717) is 11.9 Å². The van der Waals surface area contributed by atoms with Crippen LogP contribution in [0.4, 0.5) is 11.8 Å². The van der Waals surface area contributed by atoms with Gasteiger partial charge in [-0.05, 0) is 38.2 Å². The summed E-state index contributed by atoms with van der Waals surface area (Å²) in [5.74, 6) is 2.93. The number of anilines is 2. The number of fused-ring (bicyclic) bond motifs is 3. The highest BCUT2D eigenvalue weighted by molar-refractivity contribution is 5.81. The van der Waals surface area contributed by atoms with Crippen LogP contribution in [0, 0.1) is 5.92 Å². The Labute approximate surface area is 189 Å². The number of hydrogen-bond acceptors (Lipinski definition) is 6. The first-order valence-corrected chi connectivity index (χ1v) is 11.4. The molecule has 0 aliphatic carbocycles. The molecule has 0 fully saturated rings. The number of benzene rings is 1. The van der Waals surface area contributed by atoms with Crippen LogP contribution >= 0.6 is 0 Å². The van der Waals surface area contributed by atoms with E-state index in [1.54, 1.807) is 6.33 Å². The highest BCUT2D eigenvalue weighted by Crippen LogP contribution is 2.40. The first-order valence-electron chi connectivity index (χ1n) is 11.4. The lowest BCUT2D eigenvalue weighted by atomic mass is 9.98. The molecule has 164 valence electrons. The maximum Gasteiger partial charge on any atom is 0.236 e. The molecule has 3 aromatic rings. The summed E-state index contributed by atoms with van der Waals surface area (Å²) in [6.45, 7) is 8.78. The lowest BCUT2D eigenvalue weighted by molar-refractivity contribution is 0.497. The summed E-state index contributed by atoms with van der Waals surface area (Å²) in [6, 6.07) is 10.8. The van der Waals surface area contributed by atoms with Crippen LogP contribution in [0.1, 0.15) is 58.0 Å².